The van der Waals surface area contributed by atoms with Crippen molar-refractivity contribution in [1.82, 2.24) is 0 Å². The van der Waals surface area contributed by atoms with Crippen LogP contribution < -0.4 is 14.4 Å². The highest BCUT2D eigenvalue weighted by atomic mass is 16.5. The number of carbonyl (C=O) groups excluding carboxylic acids is 3. The highest BCUT2D eigenvalue weighted by molar-refractivity contribution is 6.01. The number of nitrogens with zero attached hydrogens (tertiary/aromatic N) is 1. The van der Waals surface area contributed by atoms with Crippen molar-refractivity contribution in [3.8, 4) is 11.5 Å². The summed E-state index contributed by atoms with van der Waals surface area (Å²) in [7, 11) is 2.82. The summed E-state index contributed by atoms with van der Waals surface area (Å²) in [4.78, 5) is 38.4. The molecule has 0 spiro atoms. The first-order valence-electron chi connectivity index (χ1n) is 8.91. The van der Waals surface area contributed by atoms with E-state index in [0.29, 0.717) is 5.69 Å². The van der Waals surface area contributed by atoms with Crippen molar-refractivity contribution in [1.29, 1.82) is 0 Å². The average Bonchev–Trinajstić information content (AvgIpc) is 2.75. The Balaban J connectivity index is 2.16. The first-order chi connectivity index (χ1) is 14.0. The Morgan fingerprint density at radius 1 is 0.862 bits per heavy atom. The van der Waals surface area contributed by atoms with Crippen LogP contribution in [0, 0.1) is 0 Å². The van der Waals surface area contributed by atoms with Crippen molar-refractivity contribution in [3.63, 3.8) is 0 Å². The first-order valence-corrected chi connectivity index (χ1v) is 8.91. The SMILES string of the molecule is CCOC(=O)CN(C(=O)COC(=O)c1c(OC)cccc1OC)c1ccccc1. The summed E-state index contributed by atoms with van der Waals surface area (Å²) >= 11 is 0. The van der Waals surface area contributed by atoms with E-state index in [4.69, 9.17) is 18.9 Å². The van der Waals surface area contributed by atoms with E-state index in [1.54, 1.807) is 55.5 Å². The van der Waals surface area contributed by atoms with Crippen molar-refractivity contribution < 1.29 is 33.3 Å². The Bertz CT molecular complexity index is 829. The molecule has 0 bridgehead atoms. The molecule has 0 N–H and O–H groups in total. The summed E-state index contributed by atoms with van der Waals surface area (Å²) in [5.74, 6) is -1.41. The molecule has 0 aliphatic heterocycles. The summed E-state index contributed by atoms with van der Waals surface area (Å²) < 4.78 is 20.5. The fraction of sp³-hybridized carbons (Fsp3) is 0.286. The minimum atomic E-state index is -0.781. The monoisotopic (exact) mass is 401 g/mol. The van der Waals surface area contributed by atoms with Crippen LogP contribution in [0.4, 0.5) is 5.69 Å². The van der Waals surface area contributed by atoms with E-state index >= 15 is 0 Å². The second-order valence-corrected chi connectivity index (χ2v) is 5.73. The van der Waals surface area contributed by atoms with Gasteiger partial charge in [-0.1, -0.05) is 24.3 Å². The lowest BCUT2D eigenvalue weighted by Crippen LogP contribution is -2.39. The number of hydrogen-bond acceptors (Lipinski definition) is 7. The number of amides is 1. The Hall–Kier alpha value is -3.55. The third-order valence-electron chi connectivity index (χ3n) is 3.92. The third kappa shape index (κ3) is 5.71. The van der Waals surface area contributed by atoms with E-state index in [0.717, 1.165) is 0 Å². The number of hydrogen-bond donors (Lipinski definition) is 0. The minimum Gasteiger partial charge on any atom is -0.496 e. The van der Waals surface area contributed by atoms with Gasteiger partial charge in [-0.2, -0.15) is 0 Å². The molecule has 154 valence electrons. The average molecular weight is 401 g/mol. The van der Waals surface area contributed by atoms with Gasteiger partial charge in [0, 0.05) is 5.69 Å². The van der Waals surface area contributed by atoms with Crippen molar-refractivity contribution in [2.24, 2.45) is 0 Å². The van der Waals surface area contributed by atoms with Crippen LogP contribution in [0.15, 0.2) is 48.5 Å². The Labute approximate surface area is 168 Å². The smallest absolute Gasteiger partial charge is 0.346 e. The molecular formula is C21H23NO7. The second-order valence-electron chi connectivity index (χ2n) is 5.73. The molecule has 8 heteroatoms. The zero-order valence-corrected chi connectivity index (χ0v) is 16.5. The summed E-state index contributed by atoms with van der Waals surface area (Å²) in [6.45, 7) is 0.994. The first kappa shape index (κ1) is 21.7. The van der Waals surface area contributed by atoms with Gasteiger partial charge in [0.2, 0.25) is 0 Å². The molecule has 0 atom stereocenters. The number of benzene rings is 2. The van der Waals surface area contributed by atoms with Gasteiger partial charge >= 0.3 is 11.9 Å². The molecule has 1 amide bonds. The fourth-order valence-corrected chi connectivity index (χ4v) is 2.60. The summed E-state index contributed by atoms with van der Waals surface area (Å²) in [5.41, 5.74) is 0.554. The predicted octanol–water partition coefficient (Wildman–Crippen LogP) is 2.46. The molecule has 0 heterocycles. The van der Waals surface area contributed by atoms with E-state index in [9.17, 15) is 14.4 Å². The fourth-order valence-electron chi connectivity index (χ4n) is 2.60. The van der Waals surface area contributed by atoms with Crippen LogP contribution in [0.2, 0.25) is 0 Å². The molecule has 0 saturated carbocycles. The molecule has 2 aromatic rings. The Morgan fingerprint density at radius 3 is 2.03 bits per heavy atom. The van der Waals surface area contributed by atoms with E-state index < -0.39 is 24.5 Å². The number of rotatable bonds is 9. The van der Waals surface area contributed by atoms with Crippen molar-refractivity contribution in [3.05, 3.63) is 54.1 Å². The molecule has 0 radical (unpaired) electrons. The van der Waals surface area contributed by atoms with Gasteiger partial charge in [-0.05, 0) is 31.2 Å². The number of esters is 2. The van der Waals surface area contributed by atoms with Crippen molar-refractivity contribution >= 4 is 23.5 Å². The minimum absolute atomic E-state index is 0.0713. The van der Waals surface area contributed by atoms with E-state index in [1.807, 2.05) is 0 Å². The normalized spacial score (nSPS) is 10.0. The quantitative estimate of drug-likeness (QED) is 0.596. The van der Waals surface area contributed by atoms with E-state index in [1.165, 1.54) is 19.1 Å². The topological polar surface area (TPSA) is 91.4 Å². The molecule has 0 fully saturated rings. The largest absolute Gasteiger partial charge is 0.496 e. The maximum absolute atomic E-state index is 12.7. The highest BCUT2D eigenvalue weighted by Gasteiger charge is 2.24. The van der Waals surface area contributed by atoms with Crippen LogP contribution >= 0.6 is 0 Å². The molecule has 0 aliphatic carbocycles. The Kier molecular flexibility index (Phi) is 8.02. The molecule has 0 aliphatic rings. The van der Waals surface area contributed by atoms with Crippen LogP contribution in [-0.4, -0.2) is 51.8 Å². The van der Waals surface area contributed by atoms with E-state index in [2.05, 4.69) is 0 Å². The molecule has 2 rings (SSSR count). The van der Waals surface area contributed by atoms with Gasteiger partial charge in [0.25, 0.3) is 5.91 Å². The van der Waals surface area contributed by atoms with Crippen LogP contribution in [-0.2, 0) is 19.1 Å². The summed E-state index contributed by atoms with van der Waals surface area (Å²) in [5, 5.41) is 0. The number of anilines is 1. The lowest BCUT2D eigenvalue weighted by atomic mass is 10.2. The standard InChI is InChI=1S/C21H23NO7/c1-4-28-19(24)13-22(15-9-6-5-7-10-15)18(23)14-29-21(25)20-16(26-2)11-8-12-17(20)27-3/h5-12H,4,13-14H2,1-3H3. The van der Waals surface area contributed by atoms with Gasteiger partial charge in [0.05, 0.1) is 20.8 Å². The van der Waals surface area contributed by atoms with Crippen LogP contribution in [0.1, 0.15) is 17.3 Å². The number of para-hydroxylation sites is 1. The van der Waals surface area contributed by atoms with Crippen LogP contribution in [0.3, 0.4) is 0 Å². The van der Waals surface area contributed by atoms with E-state index in [-0.39, 0.29) is 30.2 Å². The molecule has 29 heavy (non-hydrogen) atoms. The number of methoxy groups -OCH3 is 2. The maximum Gasteiger partial charge on any atom is 0.346 e. The molecule has 0 aromatic heterocycles. The molecular weight excluding hydrogens is 378 g/mol. The van der Waals surface area contributed by atoms with Gasteiger partial charge in [-0.15, -0.1) is 0 Å². The molecule has 0 saturated heterocycles. The number of carbonyl (C=O) groups is 3. The van der Waals surface area contributed by atoms with Gasteiger partial charge in [0.1, 0.15) is 23.6 Å². The zero-order chi connectivity index (χ0) is 21.2. The lowest BCUT2D eigenvalue weighted by molar-refractivity contribution is -0.142. The van der Waals surface area contributed by atoms with Gasteiger partial charge in [0.15, 0.2) is 6.61 Å². The molecule has 2 aromatic carbocycles. The lowest BCUT2D eigenvalue weighted by Gasteiger charge is -2.22. The predicted molar refractivity (Wildman–Crippen MR) is 105 cm³/mol. The van der Waals surface area contributed by atoms with Crippen molar-refractivity contribution in [2.75, 3.05) is 38.9 Å². The maximum atomic E-state index is 12.7. The third-order valence-corrected chi connectivity index (χ3v) is 3.92. The highest BCUT2D eigenvalue weighted by Crippen LogP contribution is 2.29. The summed E-state index contributed by atoms with van der Waals surface area (Å²) in [6, 6.07) is 13.4. The zero-order valence-electron chi connectivity index (χ0n) is 16.5. The summed E-state index contributed by atoms with van der Waals surface area (Å²) in [6.07, 6.45) is 0. The van der Waals surface area contributed by atoms with Gasteiger partial charge in [-0.3, -0.25) is 14.5 Å². The van der Waals surface area contributed by atoms with Gasteiger partial charge in [-0.25, -0.2) is 4.79 Å². The molecule has 0 unspecified atom stereocenters. The van der Waals surface area contributed by atoms with Crippen molar-refractivity contribution in [2.45, 2.75) is 6.92 Å². The van der Waals surface area contributed by atoms with Gasteiger partial charge < -0.3 is 18.9 Å². The molecule has 8 nitrogen and oxygen atoms in total. The van der Waals surface area contributed by atoms with Crippen LogP contribution in [0.5, 0.6) is 11.5 Å². The second kappa shape index (κ2) is 10.7. The Morgan fingerprint density at radius 2 is 1.48 bits per heavy atom. The van der Waals surface area contributed by atoms with Crippen LogP contribution in [0.25, 0.3) is 0 Å². The number of ether oxygens (including phenoxy) is 4.